The van der Waals surface area contributed by atoms with Crippen LogP contribution in [0.4, 0.5) is 5.69 Å². The number of piperazine rings is 1. The fraction of sp³-hybridized carbons (Fsp3) is 0.588. The summed E-state index contributed by atoms with van der Waals surface area (Å²) >= 11 is 0. The lowest BCUT2D eigenvalue weighted by Crippen LogP contribution is -2.52. The molecule has 0 unspecified atom stereocenters. The molecule has 0 amide bonds. The number of hydrogen-bond acceptors (Lipinski definition) is 2. The Morgan fingerprint density at radius 3 is 2.48 bits per heavy atom. The molecular weight excluding hydrogens is 260 g/mol. The third-order valence-electron chi connectivity index (χ3n) is 4.14. The fourth-order valence-corrected chi connectivity index (χ4v) is 2.81. The largest absolute Gasteiger partial charge is 0.368 e. The monoisotopic (exact) mass is 288 g/mol. The molecule has 1 heterocycles. The molecule has 2 rings (SSSR count). The van der Waals surface area contributed by atoms with E-state index in [-0.39, 0.29) is 0 Å². The minimum atomic E-state index is 0.833. The summed E-state index contributed by atoms with van der Waals surface area (Å²) in [5.74, 6) is 1.06. The SMILES string of the molecule is CCN=C(NCC)N1CCN(c2cccc(C)c2C)CC1. The van der Waals surface area contributed by atoms with E-state index in [1.807, 2.05) is 0 Å². The molecule has 1 aromatic carbocycles. The van der Waals surface area contributed by atoms with Crippen molar-refractivity contribution in [2.75, 3.05) is 44.2 Å². The number of rotatable bonds is 3. The van der Waals surface area contributed by atoms with Gasteiger partial charge in [0.15, 0.2) is 5.96 Å². The lowest BCUT2D eigenvalue weighted by atomic mass is 10.1. The first-order valence-corrected chi connectivity index (χ1v) is 8.01. The molecular formula is C17H28N4. The molecule has 0 atom stereocenters. The fourth-order valence-electron chi connectivity index (χ4n) is 2.81. The average molecular weight is 288 g/mol. The highest BCUT2D eigenvalue weighted by molar-refractivity contribution is 5.80. The standard InChI is InChI=1S/C17H28N4/c1-5-18-17(19-6-2)21-12-10-20(11-13-21)16-9-7-8-14(3)15(16)4/h7-9H,5-6,10-13H2,1-4H3,(H,18,19). The molecule has 4 nitrogen and oxygen atoms in total. The Morgan fingerprint density at radius 2 is 1.86 bits per heavy atom. The second kappa shape index (κ2) is 7.34. The van der Waals surface area contributed by atoms with E-state index in [2.05, 4.69) is 66.0 Å². The zero-order valence-electron chi connectivity index (χ0n) is 13.8. The molecule has 1 fully saturated rings. The third-order valence-corrected chi connectivity index (χ3v) is 4.14. The summed E-state index contributed by atoms with van der Waals surface area (Å²) in [6, 6.07) is 6.59. The van der Waals surface area contributed by atoms with Crippen molar-refractivity contribution >= 4 is 11.6 Å². The predicted molar refractivity (Wildman–Crippen MR) is 91.4 cm³/mol. The Kier molecular flexibility index (Phi) is 5.48. The minimum absolute atomic E-state index is 0.833. The number of nitrogens with one attached hydrogen (secondary N) is 1. The van der Waals surface area contributed by atoms with Crippen molar-refractivity contribution in [1.29, 1.82) is 0 Å². The normalized spacial score (nSPS) is 16.3. The van der Waals surface area contributed by atoms with Crippen LogP contribution in [0.15, 0.2) is 23.2 Å². The first kappa shape index (κ1) is 15.7. The Hall–Kier alpha value is -1.71. The third kappa shape index (κ3) is 3.69. The maximum atomic E-state index is 4.58. The lowest BCUT2D eigenvalue weighted by Gasteiger charge is -2.38. The molecule has 1 aliphatic heterocycles. The summed E-state index contributed by atoms with van der Waals surface area (Å²) in [6.45, 7) is 14.5. The zero-order chi connectivity index (χ0) is 15.2. The Bertz CT molecular complexity index is 488. The molecule has 0 radical (unpaired) electrons. The van der Waals surface area contributed by atoms with E-state index in [4.69, 9.17) is 0 Å². The number of benzene rings is 1. The van der Waals surface area contributed by atoms with Crippen molar-refractivity contribution in [2.24, 2.45) is 4.99 Å². The highest BCUT2D eigenvalue weighted by Crippen LogP contribution is 2.23. The van der Waals surface area contributed by atoms with Gasteiger partial charge in [-0.05, 0) is 44.9 Å². The molecule has 1 aliphatic rings. The van der Waals surface area contributed by atoms with Gasteiger partial charge in [-0.1, -0.05) is 12.1 Å². The molecule has 21 heavy (non-hydrogen) atoms. The van der Waals surface area contributed by atoms with Crippen LogP contribution in [0.5, 0.6) is 0 Å². The van der Waals surface area contributed by atoms with E-state index < -0.39 is 0 Å². The molecule has 0 saturated carbocycles. The Balaban J connectivity index is 2.03. The number of guanidine groups is 1. The van der Waals surface area contributed by atoms with E-state index >= 15 is 0 Å². The van der Waals surface area contributed by atoms with Crippen molar-refractivity contribution in [1.82, 2.24) is 10.2 Å². The van der Waals surface area contributed by atoms with E-state index in [9.17, 15) is 0 Å². The van der Waals surface area contributed by atoms with Gasteiger partial charge in [0.05, 0.1) is 0 Å². The van der Waals surface area contributed by atoms with E-state index in [1.165, 1.54) is 16.8 Å². The highest BCUT2D eigenvalue weighted by atomic mass is 15.3. The first-order chi connectivity index (χ1) is 10.2. The van der Waals surface area contributed by atoms with Gasteiger partial charge in [-0.2, -0.15) is 0 Å². The van der Waals surface area contributed by atoms with Gasteiger partial charge in [-0.3, -0.25) is 4.99 Å². The van der Waals surface area contributed by atoms with E-state index in [0.29, 0.717) is 0 Å². The topological polar surface area (TPSA) is 30.9 Å². The van der Waals surface area contributed by atoms with Crippen LogP contribution < -0.4 is 10.2 Å². The summed E-state index contributed by atoms with van der Waals surface area (Å²) in [6.07, 6.45) is 0. The minimum Gasteiger partial charge on any atom is -0.368 e. The van der Waals surface area contributed by atoms with Crippen molar-refractivity contribution in [3.05, 3.63) is 29.3 Å². The van der Waals surface area contributed by atoms with Gasteiger partial charge in [-0.25, -0.2) is 0 Å². The quantitative estimate of drug-likeness (QED) is 0.684. The second-order valence-corrected chi connectivity index (χ2v) is 5.52. The van der Waals surface area contributed by atoms with Gasteiger partial charge < -0.3 is 15.1 Å². The van der Waals surface area contributed by atoms with Gasteiger partial charge in [0.25, 0.3) is 0 Å². The number of hydrogen-bond donors (Lipinski definition) is 1. The molecule has 1 saturated heterocycles. The maximum absolute atomic E-state index is 4.58. The molecule has 0 aromatic heterocycles. The van der Waals surface area contributed by atoms with Gasteiger partial charge >= 0.3 is 0 Å². The molecule has 1 aromatic rings. The van der Waals surface area contributed by atoms with Gasteiger partial charge in [0.1, 0.15) is 0 Å². The zero-order valence-corrected chi connectivity index (χ0v) is 13.8. The van der Waals surface area contributed by atoms with Crippen molar-refractivity contribution in [3.63, 3.8) is 0 Å². The molecule has 0 aliphatic carbocycles. The lowest BCUT2D eigenvalue weighted by molar-refractivity contribution is 0.372. The maximum Gasteiger partial charge on any atom is 0.194 e. The summed E-state index contributed by atoms with van der Waals surface area (Å²) in [5, 5.41) is 3.39. The summed E-state index contributed by atoms with van der Waals surface area (Å²) < 4.78 is 0. The average Bonchev–Trinajstić information content (AvgIpc) is 2.50. The number of anilines is 1. The second-order valence-electron chi connectivity index (χ2n) is 5.52. The predicted octanol–water partition coefficient (Wildman–Crippen LogP) is 2.41. The van der Waals surface area contributed by atoms with Crippen LogP contribution >= 0.6 is 0 Å². The molecule has 4 heteroatoms. The van der Waals surface area contributed by atoms with Crippen LogP contribution in [-0.2, 0) is 0 Å². The van der Waals surface area contributed by atoms with Crippen LogP contribution in [0.1, 0.15) is 25.0 Å². The van der Waals surface area contributed by atoms with E-state index in [0.717, 1.165) is 45.2 Å². The van der Waals surface area contributed by atoms with Crippen molar-refractivity contribution < 1.29 is 0 Å². The molecule has 116 valence electrons. The molecule has 0 spiro atoms. The van der Waals surface area contributed by atoms with Gasteiger partial charge in [-0.15, -0.1) is 0 Å². The van der Waals surface area contributed by atoms with E-state index in [1.54, 1.807) is 0 Å². The highest BCUT2D eigenvalue weighted by Gasteiger charge is 2.20. The van der Waals surface area contributed by atoms with Crippen LogP contribution in [0.25, 0.3) is 0 Å². The molecule has 1 N–H and O–H groups in total. The smallest absolute Gasteiger partial charge is 0.194 e. The summed E-state index contributed by atoms with van der Waals surface area (Å²) in [5.41, 5.74) is 4.16. The summed E-state index contributed by atoms with van der Waals surface area (Å²) in [7, 11) is 0. The number of aryl methyl sites for hydroxylation is 1. The Labute approximate surface area is 128 Å². The van der Waals surface area contributed by atoms with Crippen LogP contribution in [-0.4, -0.2) is 50.1 Å². The van der Waals surface area contributed by atoms with Crippen LogP contribution in [0.3, 0.4) is 0 Å². The Morgan fingerprint density at radius 1 is 1.14 bits per heavy atom. The van der Waals surface area contributed by atoms with Crippen molar-refractivity contribution in [3.8, 4) is 0 Å². The summed E-state index contributed by atoms with van der Waals surface area (Å²) in [4.78, 5) is 9.44. The van der Waals surface area contributed by atoms with Crippen LogP contribution in [0.2, 0.25) is 0 Å². The number of aliphatic imine (C=N–C) groups is 1. The van der Waals surface area contributed by atoms with Crippen molar-refractivity contribution in [2.45, 2.75) is 27.7 Å². The molecule has 0 bridgehead atoms. The first-order valence-electron chi connectivity index (χ1n) is 8.01. The van der Waals surface area contributed by atoms with Gasteiger partial charge in [0, 0.05) is 45.0 Å². The van der Waals surface area contributed by atoms with Gasteiger partial charge in [0.2, 0.25) is 0 Å². The number of nitrogens with zero attached hydrogens (tertiary/aromatic N) is 3. The van der Waals surface area contributed by atoms with Crippen LogP contribution in [0, 0.1) is 13.8 Å².